The van der Waals surface area contributed by atoms with Gasteiger partial charge >= 0.3 is 6.18 Å². The van der Waals surface area contributed by atoms with E-state index in [0.29, 0.717) is 11.4 Å². The van der Waals surface area contributed by atoms with Gasteiger partial charge in [0.1, 0.15) is 6.33 Å². The van der Waals surface area contributed by atoms with Gasteiger partial charge in [0.05, 0.1) is 5.56 Å². The maximum Gasteiger partial charge on any atom is 0.416 e. The molecule has 3 nitrogen and oxygen atoms in total. The highest BCUT2D eigenvalue weighted by Gasteiger charge is 2.30. The molecule has 0 saturated carbocycles. The number of alkyl halides is 3. The number of aromatic nitrogens is 3. The number of benzene rings is 1. The van der Waals surface area contributed by atoms with Crippen molar-refractivity contribution in [3.05, 3.63) is 36.2 Å². The number of hydrogen-bond acceptors (Lipinski definition) is 2. The van der Waals surface area contributed by atoms with E-state index in [2.05, 4.69) is 10.1 Å². The van der Waals surface area contributed by atoms with E-state index < -0.39 is 11.7 Å². The fourth-order valence-corrected chi connectivity index (χ4v) is 1.67. The van der Waals surface area contributed by atoms with E-state index in [9.17, 15) is 13.2 Å². The minimum absolute atomic E-state index is 0.0389. The monoisotopic (exact) mass is 255 g/mol. The predicted molar refractivity (Wildman–Crippen MR) is 60.8 cm³/mol. The van der Waals surface area contributed by atoms with Crippen LogP contribution in [0.4, 0.5) is 13.2 Å². The number of hydrogen-bond donors (Lipinski definition) is 0. The van der Waals surface area contributed by atoms with E-state index >= 15 is 0 Å². The highest BCUT2D eigenvalue weighted by atomic mass is 19.4. The average Bonchev–Trinajstić information content (AvgIpc) is 2.77. The molecule has 0 saturated heterocycles. The minimum atomic E-state index is -4.35. The van der Waals surface area contributed by atoms with Gasteiger partial charge in [-0.05, 0) is 26.0 Å². The zero-order valence-corrected chi connectivity index (χ0v) is 9.94. The molecule has 0 aliphatic rings. The molecule has 0 aliphatic heterocycles. The van der Waals surface area contributed by atoms with Crippen molar-refractivity contribution >= 4 is 0 Å². The molecule has 96 valence electrons. The molecule has 0 amide bonds. The van der Waals surface area contributed by atoms with Crippen LogP contribution in [0.25, 0.3) is 11.4 Å². The van der Waals surface area contributed by atoms with Gasteiger partial charge in [0.15, 0.2) is 5.82 Å². The Hall–Kier alpha value is -1.85. The Bertz CT molecular complexity index is 543. The van der Waals surface area contributed by atoms with Crippen molar-refractivity contribution in [2.24, 2.45) is 0 Å². The molecule has 2 aromatic rings. The molecule has 0 atom stereocenters. The van der Waals surface area contributed by atoms with Crippen LogP contribution in [0.2, 0.25) is 0 Å². The Morgan fingerprint density at radius 3 is 2.56 bits per heavy atom. The van der Waals surface area contributed by atoms with Gasteiger partial charge in [-0.15, -0.1) is 0 Å². The molecule has 1 aromatic heterocycles. The van der Waals surface area contributed by atoms with Crippen molar-refractivity contribution in [1.29, 1.82) is 0 Å². The molecular formula is C12H12F3N3. The van der Waals surface area contributed by atoms with Crippen LogP contribution in [0.1, 0.15) is 25.5 Å². The third-order valence-corrected chi connectivity index (χ3v) is 2.51. The van der Waals surface area contributed by atoms with Crippen LogP contribution in [-0.4, -0.2) is 14.8 Å². The number of nitrogens with zero attached hydrogens (tertiary/aromatic N) is 3. The van der Waals surface area contributed by atoms with Crippen LogP contribution in [-0.2, 0) is 6.18 Å². The molecule has 0 fully saturated rings. The Labute approximate surface area is 102 Å². The van der Waals surface area contributed by atoms with Crippen LogP contribution in [0.5, 0.6) is 0 Å². The van der Waals surface area contributed by atoms with Crippen LogP contribution < -0.4 is 0 Å². The van der Waals surface area contributed by atoms with E-state index in [1.807, 2.05) is 13.8 Å². The van der Waals surface area contributed by atoms with Crippen LogP contribution in [0, 0.1) is 0 Å². The predicted octanol–water partition coefficient (Wildman–Crippen LogP) is 3.54. The Balaban J connectivity index is 2.48. The van der Waals surface area contributed by atoms with Gasteiger partial charge in [-0.3, -0.25) is 0 Å². The minimum Gasteiger partial charge on any atom is -0.243 e. The van der Waals surface area contributed by atoms with Crippen molar-refractivity contribution < 1.29 is 13.2 Å². The molecule has 1 aromatic carbocycles. The molecule has 2 rings (SSSR count). The molecule has 0 aliphatic carbocycles. The molecule has 0 N–H and O–H groups in total. The molecule has 18 heavy (non-hydrogen) atoms. The third kappa shape index (κ3) is 2.37. The SMILES string of the molecule is CC(C)n1ncnc1-c1cccc(C(F)(F)F)c1. The Morgan fingerprint density at radius 1 is 1.22 bits per heavy atom. The second-order valence-corrected chi connectivity index (χ2v) is 4.20. The molecule has 0 unspecified atom stereocenters. The van der Waals surface area contributed by atoms with Gasteiger partial charge in [0.2, 0.25) is 0 Å². The topological polar surface area (TPSA) is 30.7 Å². The summed E-state index contributed by atoms with van der Waals surface area (Å²) in [4.78, 5) is 4.02. The van der Waals surface area contributed by atoms with Gasteiger partial charge in [-0.2, -0.15) is 18.3 Å². The van der Waals surface area contributed by atoms with Gasteiger partial charge in [0, 0.05) is 11.6 Å². The second-order valence-electron chi connectivity index (χ2n) is 4.20. The quantitative estimate of drug-likeness (QED) is 0.821. The van der Waals surface area contributed by atoms with Gasteiger partial charge < -0.3 is 0 Å². The Morgan fingerprint density at radius 2 is 1.94 bits per heavy atom. The first-order valence-corrected chi connectivity index (χ1v) is 5.46. The van der Waals surface area contributed by atoms with Crippen molar-refractivity contribution in [3.63, 3.8) is 0 Å². The first-order chi connectivity index (χ1) is 8.39. The van der Waals surface area contributed by atoms with E-state index in [1.54, 1.807) is 10.7 Å². The Kier molecular flexibility index (Phi) is 3.11. The summed E-state index contributed by atoms with van der Waals surface area (Å²) in [5, 5.41) is 4.01. The number of rotatable bonds is 2. The van der Waals surface area contributed by atoms with Crippen LogP contribution in [0.15, 0.2) is 30.6 Å². The van der Waals surface area contributed by atoms with Crippen LogP contribution >= 0.6 is 0 Å². The highest BCUT2D eigenvalue weighted by Crippen LogP contribution is 2.31. The first kappa shape index (κ1) is 12.6. The summed E-state index contributed by atoms with van der Waals surface area (Å²) in [5.41, 5.74) is -0.269. The summed E-state index contributed by atoms with van der Waals surface area (Å²) < 4.78 is 39.5. The van der Waals surface area contributed by atoms with Gasteiger partial charge in [-0.25, -0.2) is 9.67 Å². The van der Waals surface area contributed by atoms with Crippen molar-refractivity contribution in [2.45, 2.75) is 26.1 Å². The lowest BCUT2D eigenvalue weighted by Gasteiger charge is -2.11. The molecule has 0 bridgehead atoms. The van der Waals surface area contributed by atoms with Crippen molar-refractivity contribution in [3.8, 4) is 11.4 Å². The largest absolute Gasteiger partial charge is 0.416 e. The van der Waals surface area contributed by atoms with Gasteiger partial charge in [0.25, 0.3) is 0 Å². The molecule has 0 radical (unpaired) electrons. The van der Waals surface area contributed by atoms with E-state index in [4.69, 9.17) is 0 Å². The normalized spacial score (nSPS) is 12.1. The van der Waals surface area contributed by atoms with E-state index in [-0.39, 0.29) is 6.04 Å². The lowest BCUT2D eigenvalue weighted by Crippen LogP contribution is -2.07. The summed E-state index contributed by atoms with van der Waals surface area (Å²) in [6, 6.07) is 5.13. The molecular weight excluding hydrogens is 243 g/mol. The lowest BCUT2D eigenvalue weighted by molar-refractivity contribution is -0.137. The van der Waals surface area contributed by atoms with Crippen molar-refractivity contribution in [2.75, 3.05) is 0 Å². The zero-order chi connectivity index (χ0) is 13.3. The average molecular weight is 255 g/mol. The lowest BCUT2D eigenvalue weighted by atomic mass is 10.1. The van der Waals surface area contributed by atoms with Crippen molar-refractivity contribution in [1.82, 2.24) is 14.8 Å². The summed E-state index contributed by atoms with van der Waals surface area (Å²) in [6.07, 6.45) is -3.01. The van der Waals surface area contributed by atoms with Crippen LogP contribution in [0.3, 0.4) is 0 Å². The molecule has 6 heteroatoms. The van der Waals surface area contributed by atoms with Gasteiger partial charge in [-0.1, -0.05) is 12.1 Å². The first-order valence-electron chi connectivity index (χ1n) is 5.46. The van der Waals surface area contributed by atoms with E-state index in [0.717, 1.165) is 12.1 Å². The fourth-order valence-electron chi connectivity index (χ4n) is 1.67. The smallest absolute Gasteiger partial charge is 0.243 e. The maximum atomic E-state index is 12.6. The fraction of sp³-hybridized carbons (Fsp3) is 0.333. The second kappa shape index (κ2) is 4.44. The third-order valence-electron chi connectivity index (χ3n) is 2.51. The zero-order valence-electron chi connectivity index (χ0n) is 9.94. The summed E-state index contributed by atoms with van der Waals surface area (Å²) in [6.45, 7) is 3.79. The number of halogens is 3. The molecule has 1 heterocycles. The standard InChI is InChI=1S/C12H12F3N3/c1-8(2)18-11(16-7-17-18)9-4-3-5-10(6-9)12(13,14)15/h3-8H,1-2H3. The summed E-state index contributed by atoms with van der Waals surface area (Å²) in [7, 11) is 0. The summed E-state index contributed by atoms with van der Waals surface area (Å²) >= 11 is 0. The summed E-state index contributed by atoms with van der Waals surface area (Å²) in [5.74, 6) is 0.441. The maximum absolute atomic E-state index is 12.6. The van der Waals surface area contributed by atoms with E-state index in [1.165, 1.54) is 12.4 Å². The highest BCUT2D eigenvalue weighted by molar-refractivity contribution is 5.56. The molecule has 0 spiro atoms.